The number of carbonyl (C=O) groups is 4. The first-order valence-corrected chi connectivity index (χ1v) is 15.8. The van der Waals surface area contributed by atoms with Crippen molar-refractivity contribution in [1.29, 1.82) is 0 Å². The molecule has 3 N–H and O–H groups in total. The third kappa shape index (κ3) is 11.9. The number of hydrogen-bond donors (Lipinski definition) is 3. The quantitative estimate of drug-likeness (QED) is 0.166. The fourth-order valence-corrected chi connectivity index (χ4v) is 5.08. The van der Waals surface area contributed by atoms with Crippen molar-refractivity contribution in [1.82, 2.24) is 20.9 Å². The van der Waals surface area contributed by atoms with Gasteiger partial charge in [-0.15, -0.1) is 0 Å². The Morgan fingerprint density at radius 3 is 1.38 bits per heavy atom. The van der Waals surface area contributed by atoms with E-state index < -0.39 is 36.2 Å². The van der Waals surface area contributed by atoms with Crippen LogP contribution >= 0.6 is 0 Å². The third-order valence-electron chi connectivity index (χ3n) is 7.50. The molecule has 4 rings (SSSR count). The van der Waals surface area contributed by atoms with Crippen molar-refractivity contribution in [3.05, 3.63) is 144 Å². The van der Waals surface area contributed by atoms with Crippen molar-refractivity contribution in [2.24, 2.45) is 0 Å². The number of hydrogen-bond acceptors (Lipinski definition) is 6. The zero-order chi connectivity index (χ0) is 34.1. The van der Waals surface area contributed by atoms with E-state index in [0.29, 0.717) is 0 Å². The molecule has 0 radical (unpaired) electrons. The summed E-state index contributed by atoms with van der Waals surface area (Å²) in [6.07, 6.45) is -0.942. The molecule has 4 aromatic rings. The second kappa shape index (κ2) is 18.5. The second-order valence-corrected chi connectivity index (χ2v) is 11.5. The van der Waals surface area contributed by atoms with E-state index in [1.54, 1.807) is 14.0 Å². The van der Waals surface area contributed by atoms with Crippen LogP contribution in [0.2, 0.25) is 0 Å². The molecule has 0 saturated heterocycles. The zero-order valence-electron chi connectivity index (χ0n) is 27.2. The van der Waals surface area contributed by atoms with E-state index in [1.807, 2.05) is 121 Å². The van der Waals surface area contributed by atoms with Gasteiger partial charge in [-0.3, -0.25) is 9.59 Å². The Labute approximate surface area is 281 Å². The van der Waals surface area contributed by atoms with Gasteiger partial charge < -0.3 is 30.3 Å². The summed E-state index contributed by atoms with van der Waals surface area (Å²) in [5.74, 6) is -0.771. The van der Waals surface area contributed by atoms with Gasteiger partial charge in [0.05, 0.1) is 0 Å². The summed E-state index contributed by atoms with van der Waals surface area (Å²) in [6.45, 7) is 2.04. The lowest BCUT2D eigenvalue weighted by Gasteiger charge is -2.28. The van der Waals surface area contributed by atoms with E-state index >= 15 is 0 Å². The van der Waals surface area contributed by atoms with Crippen LogP contribution in [0.3, 0.4) is 0 Å². The summed E-state index contributed by atoms with van der Waals surface area (Å²) in [5.41, 5.74) is 3.37. The lowest BCUT2D eigenvalue weighted by Crippen LogP contribution is -2.54. The van der Waals surface area contributed by atoms with Crippen LogP contribution in [0.4, 0.5) is 9.59 Å². The molecule has 48 heavy (non-hydrogen) atoms. The Hall–Kier alpha value is -5.64. The predicted molar refractivity (Wildman–Crippen MR) is 183 cm³/mol. The van der Waals surface area contributed by atoms with Crippen LogP contribution in [0.1, 0.15) is 29.2 Å². The van der Waals surface area contributed by atoms with Gasteiger partial charge in [0, 0.05) is 32.5 Å². The Kier molecular flexibility index (Phi) is 13.6. The van der Waals surface area contributed by atoms with Gasteiger partial charge in [0.1, 0.15) is 25.3 Å². The van der Waals surface area contributed by atoms with Crippen molar-refractivity contribution in [3.8, 4) is 0 Å². The summed E-state index contributed by atoms with van der Waals surface area (Å²) in [6, 6.07) is 34.9. The van der Waals surface area contributed by atoms with Crippen molar-refractivity contribution in [2.75, 3.05) is 13.6 Å². The summed E-state index contributed by atoms with van der Waals surface area (Å²) in [5, 5.41) is 8.33. The van der Waals surface area contributed by atoms with Gasteiger partial charge in [-0.2, -0.15) is 0 Å². The smallest absolute Gasteiger partial charge is 0.408 e. The van der Waals surface area contributed by atoms with Crippen molar-refractivity contribution in [3.63, 3.8) is 0 Å². The minimum Gasteiger partial charge on any atom is -0.445 e. The minimum absolute atomic E-state index is 0.0631. The Morgan fingerprint density at radius 1 is 0.562 bits per heavy atom. The molecular weight excluding hydrogens is 608 g/mol. The number of amides is 4. The van der Waals surface area contributed by atoms with Crippen LogP contribution in [-0.2, 0) is 45.1 Å². The number of benzene rings is 4. The van der Waals surface area contributed by atoms with Gasteiger partial charge in [-0.1, -0.05) is 121 Å². The van der Waals surface area contributed by atoms with E-state index in [2.05, 4.69) is 16.0 Å². The first-order valence-electron chi connectivity index (χ1n) is 15.8. The number of ether oxygens (including phenoxy) is 2. The zero-order valence-corrected chi connectivity index (χ0v) is 27.2. The van der Waals surface area contributed by atoms with E-state index in [4.69, 9.17) is 9.47 Å². The first-order chi connectivity index (χ1) is 23.3. The Balaban J connectivity index is 1.36. The molecule has 3 unspecified atom stereocenters. The molecule has 0 spiro atoms. The molecule has 250 valence electrons. The summed E-state index contributed by atoms with van der Waals surface area (Å²) < 4.78 is 10.8. The molecule has 4 amide bonds. The maximum atomic E-state index is 13.7. The van der Waals surface area contributed by atoms with E-state index in [9.17, 15) is 19.2 Å². The van der Waals surface area contributed by atoms with Gasteiger partial charge in [0.15, 0.2) is 0 Å². The fraction of sp³-hybridized carbons (Fsp3) is 0.263. The van der Waals surface area contributed by atoms with Crippen LogP contribution in [0.15, 0.2) is 121 Å². The third-order valence-corrected chi connectivity index (χ3v) is 7.50. The second-order valence-electron chi connectivity index (χ2n) is 11.5. The Morgan fingerprint density at radius 2 is 0.938 bits per heavy atom. The van der Waals surface area contributed by atoms with E-state index in [1.165, 1.54) is 4.90 Å². The highest BCUT2D eigenvalue weighted by Crippen LogP contribution is 2.09. The normalized spacial score (nSPS) is 12.5. The standard InChI is InChI=1S/C38H42N4O6/c1-28(39-35(43)33(23-29-15-7-3-8-16-29)40-37(45)47-26-31-19-11-5-12-20-31)25-42(2)36(44)34(24-30-17-9-4-10-18-30)41-38(46)48-27-32-21-13-6-14-22-32/h3-22,28,33-34H,23-27H2,1-2H3,(H,39,43)(H,40,45)(H,41,46). The topological polar surface area (TPSA) is 126 Å². The first kappa shape index (κ1) is 35.2. The van der Waals surface area contributed by atoms with E-state index in [0.717, 1.165) is 22.3 Å². The van der Waals surface area contributed by atoms with Crippen LogP contribution in [-0.4, -0.2) is 60.6 Å². The molecule has 0 aromatic heterocycles. The van der Waals surface area contributed by atoms with Crippen LogP contribution < -0.4 is 16.0 Å². The monoisotopic (exact) mass is 650 g/mol. The summed E-state index contributed by atoms with van der Waals surface area (Å²) in [7, 11) is 1.61. The molecule has 0 aliphatic rings. The van der Waals surface area contributed by atoms with Crippen LogP contribution in [0, 0.1) is 0 Å². The molecule has 0 aliphatic carbocycles. The molecule has 0 fully saturated rings. The van der Waals surface area contributed by atoms with Gasteiger partial charge in [0.2, 0.25) is 11.8 Å². The van der Waals surface area contributed by atoms with Gasteiger partial charge in [0.25, 0.3) is 0 Å². The highest BCUT2D eigenvalue weighted by molar-refractivity contribution is 5.87. The fourth-order valence-electron chi connectivity index (χ4n) is 5.08. The number of alkyl carbamates (subject to hydrolysis) is 2. The van der Waals surface area contributed by atoms with Crippen LogP contribution in [0.25, 0.3) is 0 Å². The highest BCUT2D eigenvalue weighted by atomic mass is 16.6. The number of carbonyl (C=O) groups excluding carboxylic acids is 4. The average molecular weight is 651 g/mol. The number of nitrogens with zero attached hydrogens (tertiary/aromatic N) is 1. The predicted octanol–water partition coefficient (Wildman–Crippen LogP) is 5.02. The molecule has 4 aromatic carbocycles. The number of rotatable bonds is 15. The molecule has 0 bridgehead atoms. The van der Waals surface area contributed by atoms with Gasteiger partial charge >= 0.3 is 12.2 Å². The molecule has 3 atom stereocenters. The van der Waals surface area contributed by atoms with E-state index in [-0.39, 0.29) is 38.5 Å². The summed E-state index contributed by atoms with van der Waals surface area (Å²) in [4.78, 5) is 54.0. The lowest BCUT2D eigenvalue weighted by atomic mass is 10.0. The summed E-state index contributed by atoms with van der Waals surface area (Å²) >= 11 is 0. The van der Waals surface area contributed by atoms with Crippen LogP contribution in [0.5, 0.6) is 0 Å². The average Bonchev–Trinajstić information content (AvgIpc) is 3.10. The van der Waals surface area contributed by atoms with Gasteiger partial charge in [-0.05, 0) is 29.2 Å². The number of nitrogens with one attached hydrogen (secondary N) is 3. The molecule has 0 saturated carbocycles. The maximum absolute atomic E-state index is 13.7. The maximum Gasteiger partial charge on any atom is 0.408 e. The largest absolute Gasteiger partial charge is 0.445 e. The highest BCUT2D eigenvalue weighted by Gasteiger charge is 2.28. The van der Waals surface area contributed by atoms with Gasteiger partial charge in [-0.25, -0.2) is 9.59 Å². The molecule has 0 heterocycles. The Bertz CT molecular complexity index is 1590. The van der Waals surface area contributed by atoms with Crippen molar-refractivity contribution < 1.29 is 28.7 Å². The number of likely N-dealkylation sites (N-methyl/N-ethyl adjacent to an activating group) is 1. The SMILES string of the molecule is CC(CN(C)C(=O)C(Cc1ccccc1)NC(=O)OCc1ccccc1)NC(=O)C(Cc1ccccc1)NC(=O)OCc1ccccc1. The minimum atomic E-state index is -0.925. The van der Waals surface area contributed by atoms with Crippen molar-refractivity contribution >= 4 is 24.0 Å². The molecule has 10 nitrogen and oxygen atoms in total. The molecule has 10 heteroatoms. The lowest BCUT2D eigenvalue weighted by molar-refractivity contribution is -0.133. The van der Waals surface area contributed by atoms with Crippen molar-refractivity contribution in [2.45, 2.75) is 51.1 Å². The molecular formula is C38H42N4O6. The molecule has 0 aliphatic heterocycles.